The Morgan fingerprint density at radius 3 is 2.16 bits per heavy atom. The number of halogens is 6. The second-order valence-corrected chi connectivity index (χ2v) is 7.76. The predicted octanol–water partition coefficient (Wildman–Crippen LogP) is 2.08. The van der Waals surface area contributed by atoms with Crippen LogP contribution in [0.4, 0.5) is 26.3 Å². The standard InChI is InChI=1S/C21H16F3NO6.C2HF3O2/c1-10(25)20(27)30-12-3-4-13-15(9-12)31-19(21(22,23)24)17(18(13)26)11-2-5-14-16(8-11)29-7-6-28-14;3-2(4,5)1(6)7/h2-5,8-10H,6-7,25H2,1H3;(H,6,7)/t10-;/m1./s1. The van der Waals surface area contributed by atoms with Gasteiger partial charge in [-0.15, -0.1) is 0 Å². The Morgan fingerprint density at radius 1 is 1.00 bits per heavy atom. The Kier molecular flexibility index (Phi) is 7.90. The summed E-state index contributed by atoms with van der Waals surface area (Å²) in [5.74, 6) is -4.59. The Balaban J connectivity index is 0.000000505. The van der Waals surface area contributed by atoms with Crippen LogP contribution in [0.15, 0.2) is 45.6 Å². The summed E-state index contributed by atoms with van der Waals surface area (Å²) in [7, 11) is 0. The molecule has 2 heterocycles. The van der Waals surface area contributed by atoms with Crippen LogP contribution in [0.1, 0.15) is 12.7 Å². The van der Waals surface area contributed by atoms with Crippen LogP contribution in [0.25, 0.3) is 22.1 Å². The van der Waals surface area contributed by atoms with Gasteiger partial charge in [0, 0.05) is 6.07 Å². The fraction of sp³-hybridized carbons (Fsp3) is 0.261. The average molecular weight is 549 g/mol. The number of hydrogen-bond donors (Lipinski definition) is 1. The summed E-state index contributed by atoms with van der Waals surface area (Å²) in [6, 6.07) is 7.03. The van der Waals surface area contributed by atoms with Gasteiger partial charge in [0.05, 0.1) is 10.9 Å². The lowest BCUT2D eigenvalue weighted by atomic mass is 10.0. The predicted molar refractivity (Wildman–Crippen MR) is 113 cm³/mol. The lowest BCUT2D eigenvalue weighted by molar-refractivity contribution is -0.401. The first-order valence-corrected chi connectivity index (χ1v) is 10.5. The van der Waals surface area contributed by atoms with Gasteiger partial charge in [0.25, 0.3) is 0 Å². The smallest absolute Gasteiger partial charge is 0.450 e. The van der Waals surface area contributed by atoms with Crippen molar-refractivity contribution in [2.45, 2.75) is 25.3 Å². The van der Waals surface area contributed by atoms with E-state index < -0.39 is 47.1 Å². The molecular formula is C23H17F6NO8. The highest BCUT2D eigenvalue weighted by atomic mass is 19.4. The van der Waals surface area contributed by atoms with Gasteiger partial charge in [-0.05, 0) is 36.8 Å². The third-order valence-electron chi connectivity index (χ3n) is 4.80. The molecule has 3 N–H and O–H groups in total. The number of carbonyl (C=O) groups excluding carboxylic acids is 2. The molecule has 38 heavy (non-hydrogen) atoms. The van der Waals surface area contributed by atoms with Crippen LogP contribution in [0.3, 0.4) is 0 Å². The molecule has 0 amide bonds. The molecular weight excluding hydrogens is 532 g/mol. The number of esters is 1. The van der Waals surface area contributed by atoms with Gasteiger partial charge in [-0.3, -0.25) is 4.79 Å². The molecule has 3 aromatic rings. The summed E-state index contributed by atoms with van der Waals surface area (Å²) in [6.45, 7) is 2.06. The maximum absolute atomic E-state index is 13.8. The van der Waals surface area contributed by atoms with E-state index in [1.807, 2.05) is 0 Å². The van der Waals surface area contributed by atoms with Crippen LogP contribution in [0.2, 0.25) is 0 Å². The number of carbonyl (C=O) groups is 2. The molecule has 0 fully saturated rings. The van der Waals surface area contributed by atoms with Crippen molar-refractivity contribution in [2.75, 3.05) is 13.2 Å². The third-order valence-corrected chi connectivity index (χ3v) is 4.80. The fourth-order valence-electron chi connectivity index (χ4n) is 3.11. The topological polar surface area (TPSA) is 143 Å². The van der Waals surface area contributed by atoms with Crippen molar-refractivity contribution in [1.29, 1.82) is 0 Å². The third kappa shape index (κ3) is 6.34. The molecule has 1 aromatic heterocycles. The van der Waals surface area contributed by atoms with Gasteiger partial charge >= 0.3 is 18.3 Å². The average Bonchev–Trinajstić information content (AvgIpc) is 2.82. The number of alkyl halides is 6. The Bertz CT molecular complexity index is 1430. The molecule has 1 aliphatic heterocycles. The quantitative estimate of drug-likeness (QED) is 0.297. The summed E-state index contributed by atoms with van der Waals surface area (Å²) in [4.78, 5) is 33.6. The molecule has 2 aromatic carbocycles. The number of hydrogen-bond acceptors (Lipinski definition) is 8. The molecule has 15 heteroatoms. The molecule has 9 nitrogen and oxygen atoms in total. The first-order chi connectivity index (χ1) is 17.6. The van der Waals surface area contributed by atoms with Crippen molar-refractivity contribution in [3.8, 4) is 28.4 Å². The SMILES string of the molecule is C[C@@H]([NH3+])C(=O)Oc1ccc2c(=O)c(-c3ccc4c(c3)OCCO4)c(C(F)(F)F)oc2c1.O=C([O-])C(F)(F)F. The number of rotatable bonds is 3. The number of quaternary nitrogens is 1. The summed E-state index contributed by atoms with van der Waals surface area (Å²) < 4.78 is 94.0. The van der Waals surface area contributed by atoms with E-state index in [4.69, 9.17) is 28.5 Å². The normalized spacial score (nSPS) is 13.8. The number of ether oxygens (including phenoxy) is 3. The summed E-state index contributed by atoms with van der Waals surface area (Å²) in [5.41, 5.74) is 1.61. The van der Waals surface area contributed by atoms with Gasteiger partial charge in [-0.2, -0.15) is 26.3 Å². The Hall–Kier alpha value is -4.27. The zero-order chi connectivity index (χ0) is 28.4. The Morgan fingerprint density at radius 2 is 1.61 bits per heavy atom. The highest BCUT2D eigenvalue weighted by Crippen LogP contribution is 2.40. The van der Waals surface area contributed by atoms with E-state index in [2.05, 4.69) is 5.73 Å². The van der Waals surface area contributed by atoms with Crippen molar-refractivity contribution < 1.29 is 65.4 Å². The van der Waals surface area contributed by atoms with Crippen LogP contribution in [0.5, 0.6) is 17.2 Å². The summed E-state index contributed by atoms with van der Waals surface area (Å²) in [6.07, 6.45) is -10.1. The first kappa shape index (κ1) is 28.3. The van der Waals surface area contributed by atoms with Crippen molar-refractivity contribution >= 4 is 22.9 Å². The minimum absolute atomic E-state index is 0.0198. The molecule has 204 valence electrons. The van der Waals surface area contributed by atoms with Crippen molar-refractivity contribution in [1.82, 2.24) is 0 Å². The van der Waals surface area contributed by atoms with E-state index in [1.165, 1.54) is 37.3 Å². The molecule has 0 unspecified atom stereocenters. The minimum atomic E-state index is -5.19. The number of fused-ring (bicyclic) bond motifs is 2. The van der Waals surface area contributed by atoms with Gasteiger partial charge in [-0.1, -0.05) is 6.07 Å². The summed E-state index contributed by atoms with van der Waals surface area (Å²) >= 11 is 0. The number of carboxylic acids is 1. The minimum Gasteiger partial charge on any atom is -0.542 e. The molecule has 0 aliphatic carbocycles. The molecule has 0 spiro atoms. The molecule has 1 atom stereocenters. The number of benzene rings is 2. The van der Waals surface area contributed by atoms with E-state index >= 15 is 0 Å². The number of carboxylic acid groups (broad SMARTS) is 1. The van der Waals surface area contributed by atoms with E-state index in [0.717, 1.165) is 6.07 Å². The monoisotopic (exact) mass is 549 g/mol. The summed E-state index contributed by atoms with van der Waals surface area (Å²) in [5, 5.41) is 8.69. The Labute approximate surface area is 208 Å². The lowest BCUT2D eigenvalue weighted by Crippen LogP contribution is -2.64. The highest BCUT2D eigenvalue weighted by Gasteiger charge is 2.39. The molecule has 0 saturated heterocycles. The van der Waals surface area contributed by atoms with Crippen LogP contribution in [-0.4, -0.2) is 37.4 Å². The van der Waals surface area contributed by atoms with E-state index in [-0.39, 0.29) is 34.6 Å². The molecule has 1 aliphatic rings. The zero-order valence-electron chi connectivity index (χ0n) is 19.2. The van der Waals surface area contributed by atoms with E-state index in [1.54, 1.807) is 0 Å². The van der Waals surface area contributed by atoms with Gasteiger partial charge < -0.3 is 34.3 Å². The van der Waals surface area contributed by atoms with Gasteiger partial charge in [-0.25, -0.2) is 4.79 Å². The van der Waals surface area contributed by atoms with Crippen molar-refractivity contribution in [3.05, 3.63) is 52.4 Å². The maximum atomic E-state index is 13.8. The molecule has 0 bridgehead atoms. The van der Waals surface area contributed by atoms with Crippen LogP contribution in [0, 0.1) is 0 Å². The van der Waals surface area contributed by atoms with Crippen LogP contribution >= 0.6 is 0 Å². The molecule has 0 radical (unpaired) electrons. The van der Waals surface area contributed by atoms with Crippen molar-refractivity contribution in [3.63, 3.8) is 0 Å². The molecule has 0 saturated carbocycles. The first-order valence-electron chi connectivity index (χ1n) is 10.5. The van der Waals surface area contributed by atoms with E-state index in [0.29, 0.717) is 12.4 Å². The molecule has 4 rings (SSSR count). The number of aliphatic carboxylic acids is 1. The second kappa shape index (κ2) is 10.6. The largest absolute Gasteiger partial charge is 0.542 e. The van der Waals surface area contributed by atoms with Gasteiger partial charge in [0.1, 0.15) is 30.5 Å². The maximum Gasteiger partial charge on any atom is 0.450 e. The fourth-order valence-corrected chi connectivity index (χ4v) is 3.11. The zero-order valence-corrected chi connectivity index (χ0v) is 19.2. The van der Waals surface area contributed by atoms with Crippen LogP contribution in [-0.2, 0) is 15.8 Å². The van der Waals surface area contributed by atoms with E-state index in [9.17, 15) is 35.9 Å². The van der Waals surface area contributed by atoms with Gasteiger partial charge in [0.2, 0.25) is 11.2 Å². The highest BCUT2D eigenvalue weighted by molar-refractivity contribution is 5.85. The lowest BCUT2D eigenvalue weighted by Gasteiger charge is -2.19. The van der Waals surface area contributed by atoms with Crippen LogP contribution < -0.4 is 30.5 Å². The van der Waals surface area contributed by atoms with Gasteiger partial charge in [0.15, 0.2) is 17.5 Å². The van der Waals surface area contributed by atoms with Crippen molar-refractivity contribution in [2.24, 2.45) is 0 Å². The second-order valence-electron chi connectivity index (χ2n) is 7.76.